The topological polar surface area (TPSA) is 81.2 Å². The molecule has 3 aromatic rings. The highest BCUT2D eigenvalue weighted by molar-refractivity contribution is 9.10. The van der Waals surface area contributed by atoms with Gasteiger partial charge in [-0.2, -0.15) is 10.2 Å². The van der Waals surface area contributed by atoms with Gasteiger partial charge in [-0.05, 0) is 60.1 Å². The van der Waals surface area contributed by atoms with Crippen LogP contribution < -0.4 is 9.47 Å². The lowest BCUT2D eigenvalue weighted by Crippen LogP contribution is -2.06. The van der Waals surface area contributed by atoms with Crippen molar-refractivity contribution in [2.75, 3.05) is 7.11 Å². The van der Waals surface area contributed by atoms with E-state index < -0.39 is 5.82 Å². The fourth-order valence-corrected chi connectivity index (χ4v) is 3.09. The van der Waals surface area contributed by atoms with Crippen molar-refractivity contribution in [3.8, 4) is 40.4 Å². The predicted octanol–water partition coefficient (Wildman–Crippen LogP) is 4.97. The summed E-state index contributed by atoms with van der Waals surface area (Å²) in [6, 6.07) is 9.64. The van der Waals surface area contributed by atoms with Crippen LogP contribution in [0, 0.1) is 17.1 Å². The van der Waals surface area contributed by atoms with Gasteiger partial charge in [0.2, 0.25) is 5.82 Å². The Bertz CT molecular complexity index is 1030. The average Bonchev–Trinajstić information content (AvgIpc) is 3.11. The van der Waals surface area contributed by atoms with E-state index in [1.54, 1.807) is 18.2 Å². The monoisotopic (exact) mass is 431 g/mol. The van der Waals surface area contributed by atoms with E-state index in [0.717, 1.165) is 0 Å². The van der Waals surface area contributed by atoms with E-state index in [1.165, 1.54) is 19.2 Å². The lowest BCUT2D eigenvalue weighted by atomic mass is 10.1. The first kappa shape index (κ1) is 18.9. The SMILES string of the molecule is COc1c(Br)cc(F)cc1-c1noc(-c2ccc(OC(C)C)c(C#N)c2)n1. The maximum Gasteiger partial charge on any atom is 0.258 e. The van der Waals surface area contributed by atoms with Gasteiger partial charge in [0.25, 0.3) is 5.89 Å². The molecular formula is C19H15BrFN3O3. The Morgan fingerprint density at radius 2 is 2.04 bits per heavy atom. The molecule has 0 amide bonds. The zero-order valence-corrected chi connectivity index (χ0v) is 16.4. The zero-order valence-electron chi connectivity index (χ0n) is 14.8. The Kier molecular flexibility index (Phi) is 5.42. The molecule has 0 fully saturated rings. The minimum atomic E-state index is -0.467. The van der Waals surface area contributed by atoms with E-state index in [2.05, 4.69) is 32.1 Å². The van der Waals surface area contributed by atoms with Crippen LogP contribution in [0.15, 0.2) is 39.3 Å². The van der Waals surface area contributed by atoms with Gasteiger partial charge in [0.05, 0.1) is 28.8 Å². The minimum absolute atomic E-state index is 0.0585. The number of methoxy groups -OCH3 is 1. The van der Waals surface area contributed by atoms with Crippen molar-refractivity contribution in [2.24, 2.45) is 0 Å². The Morgan fingerprint density at radius 1 is 1.26 bits per heavy atom. The fraction of sp³-hybridized carbons (Fsp3) is 0.211. The van der Waals surface area contributed by atoms with Crippen molar-refractivity contribution in [1.29, 1.82) is 5.26 Å². The van der Waals surface area contributed by atoms with Crippen LogP contribution in [0.4, 0.5) is 4.39 Å². The van der Waals surface area contributed by atoms with Gasteiger partial charge in [-0.3, -0.25) is 0 Å². The highest BCUT2D eigenvalue weighted by Gasteiger charge is 2.19. The standard InChI is InChI=1S/C19H15BrFN3O3/c1-10(2)26-16-5-4-11(6-12(16)9-22)19-23-18(24-27-19)14-7-13(21)8-15(20)17(14)25-3/h4-8,10H,1-3H3. The summed E-state index contributed by atoms with van der Waals surface area (Å²) in [6.45, 7) is 3.76. The Balaban J connectivity index is 2.01. The van der Waals surface area contributed by atoms with Crippen molar-refractivity contribution in [2.45, 2.75) is 20.0 Å². The fourth-order valence-electron chi connectivity index (χ4n) is 2.49. The first-order valence-electron chi connectivity index (χ1n) is 8.01. The number of rotatable bonds is 5. The molecule has 138 valence electrons. The molecule has 27 heavy (non-hydrogen) atoms. The Morgan fingerprint density at radius 3 is 2.70 bits per heavy atom. The molecule has 1 heterocycles. The summed E-state index contributed by atoms with van der Waals surface area (Å²) in [5.41, 5.74) is 1.25. The molecule has 0 N–H and O–H groups in total. The van der Waals surface area contributed by atoms with Gasteiger partial charge in [0, 0.05) is 5.56 Å². The number of ether oxygens (including phenoxy) is 2. The molecule has 0 atom stereocenters. The van der Waals surface area contributed by atoms with E-state index in [-0.39, 0.29) is 17.8 Å². The summed E-state index contributed by atoms with van der Waals surface area (Å²) in [5, 5.41) is 13.3. The Labute approximate surface area is 163 Å². The number of hydrogen-bond donors (Lipinski definition) is 0. The van der Waals surface area contributed by atoms with Gasteiger partial charge in [0.1, 0.15) is 23.4 Å². The van der Waals surface area contributed by atoms with Crippen molar-refractivity contribution in [3.05, 3.63) is 46.2 Å². The largest absolute Gasteiger partial charge is 0.495 e. The first-order valence-corrected chi connectivity index (χ1v) is 8.80. The summed E-state index contributed by atoms with van der Waals surface area (Å²) in [5.74, 6) is 0.767. The van der Waals surface area contributed by atoms with Crippen molar-refractivity contribution in [3.63, 3.8) is 0 Å². The molecule has 0 aliphatic rings. The third kappa shape index (κ3) is 3.93. The molecule has 6 nitrogen and oxygen atoms in total. The van der Waals surface area contributed by atoms with E-state index in [1.807, 2.05) is 13.8 Å². The number of halogens is 2. The van der Waals surface area contributed by atoms with Crippen LogP contribution in [0.5, 0.6) is 11.5 Å². The number of hydrogen-bond acceptors (Lipinski definition) is 6. The predicted molar refractivity (Wildman–Crippen MR) is 99.9 cm³/mol. The van der Waals surface area contributed by atoms with E-state index in [0.29, 0.717) is 32.7 Å². The normalized spacial score (nSPS) is 10.7. The van der Waals surface area contributed by atoms with Gasteiger partial charge in [-0.1, -0.05) is 5.16 Å². The summed E-state index contributed by atoms with van der Waals surface area (Å²) in [6.07, 6.45) is -0.0585. The Hall–Kier alpha value is -2.92. The maximum absolute atomic E-state index is 13.8. The smallest absolute Gasteiger partial charge is 0.258 e. The third-order valence-electron chi connectivity index (χ3n) is 3.59. The summed E-state index contributed by atoms with van der Waals surface area (Å²) in [7, 11) is 1.47. The molecule has 2 aromatic carbocycles. The quantitative estimate of drug-likeness (QED) is 0.566. The highest BCUT2D eigenvalue weighted by atomic mass is 79.9. The van der Waals surface area contributed by atoms with Crippen LogP contribution >= 0.6 is 15.9 Å². The average molecular weight is 432 g/mol. The second-order valence-corrected chi connectivity index (χ2v) is 6.74. The first-order chi connectivity index (χ1) is 12.9. The number of nitriles is 1. The van der Waals surface area contributed by atoms with Gasteiger partial charge in [0.15, 0.2) is 0 Å². The molecule has 0 unspecified atom stereocenters. The second kappa shape index (κ2) is 7.76. The summed E-state index contributed by atoms with van der Waals surface area (Å²) in [4.78, 5) is 4.31. The third-order valence-corrected chi connectivity index (χ3v) is 4.18. The minimum Gasteiger partial charge on any atom is -0.495 e. The number of aromatic nitrogens is 2. The molecule has 1 aromatic heterocycles. The second-order valence-electron chi connectivity index (χ2n) is 5.88. The molecule has 0 saturated heterocycles. The summed E-state index contributed by atoms with van der Waals surface area (Å²) >= 11 is 3.25. The molecule has 0 saturated carbocycles. The lowest BCUT2D eigenvalue weighted by Gasteiger charge is -2.11. The lowest BCUT2D eigenvalue weighted by molar-refractivity contribution is 0.241. The van der Waals surface area contributed by atoms with Gasteiger partial charge in [-0.15, -0.1) is 0 Å². The van der Waals surface area contributed by atoms with Gasteiger partial charge >= 0.3 is 0 Å². The van der Waals surface area contributed by atoms with Crippen LogP contribution in [0.25, 0.3) is 22.8 Å². The van der Waals surface area contributed by atoms with Crippen molar-refractivity contribution in [1.82, 2.24) is 10.1 Å². The molecule has 0 spiro atoms. The van der Waals surface area contributed by atoms with Crippen molar-refractivity contribution >= 4 is 15.9 Å². The summed E-state index contributed by atoms with van der Waals surface area (Å²) < 4.78 is 30.4. The molecule has 0 aliphatic carbocycles. The van der Waals surface area contributed by atoms with Crippen LogP contribution in [0.3, 0.4) is 0 Å². The maximum atomic E-state index is 13.8. The number of benzene rings is 2. The van der Waals surface area contributed by atoms with Crippen LogP contribution in [0.1, 0.15) is 19.4 Å². The van der Waals surface area contributed by atoms with E-state index in [4.69, 9.17) is 14.0 Å². The van der Waals surface area contributed by atoms with Crippen LogP contribution in [0.2, 0.25) is 0 Å². The number of nitrogens with zero attached hydrogens (tertiary/aromatic N) is 3. The van der Waals surface area contributed by atoms with Gasteiger partial charge in [-0.25, -0.2) is 4.39 Å². The molecule has 0 aliphatic heterocycles. The van der Waals surface area contributed by atoms with E-state index in [9.17, 15) is 9.65 Å². The zero-order chi connectivity index (χ0) is 19.6. The highest BCUT2D eigenvalue weighted by Crippen LogP contribution is 2.37. The molecule has 8 heteroatoms. The molecule has 0 radical (unpaired) electrons. The van der Waals surface area contributed by atoms with Gasteiger partial charge < -0.3 is 14.0 Å². The van der Waals surface area contributed by atoms with Crippen LogP contribution in [-0.2, 0) is 0 Å². The molecule has 0 bridgehead atoms. The van der Waals surface area contributed by atoms with E-state index >= 15 is 0 Å². The van der Waals surface area contributed by atoms with Crippen molar-refractivity contribution < 1.29 is 18.4 Å². The van der Waals surface area contributed by atoms with Crippen LogP contribution in [-0.4, -0.2) is 23.4 Å². The molecule has 3 rings (SSSR count). The molecular weight excluding hydrogens is 417 g/mol.